The third kappa shape index (κ3) is 4.95. The van der Waals surface area contributed by atoms with Crippen molar-refractivity contribution in [3.63, 3.8) is 0 Å². The Balaban J connectivity index is 1.42. The lowest BCUT2D eigenvalue weighted by atomic mass is 10.1. The molecule has 2 amide bonds. The van der Waals surface area contributed by atoms with Crippen LogP contribution >= 0.6 is 15.9 Å². The molecule has 138 valence electrons. The van der Waals surface area contributed by atoms with Gasteiger partial charge in [-0.1, -0.05) is 29.8 Å². The molecule has 0 radical (unpaired) electrons. The molecule has 0 aliphatic carbocycles. The number of rotatable bonds is 5. The Hall–Kier alpha value is -2.12. The molecule has 2 aromatic rings. The van der Waals surface area contributed by atoms with Gasteiger partial charge in [-0.25, -0.2) is 0 Å². The molecule has 0 unspecified atom stereocenters. The van der Waals surface area contributed by atoms with Crippen LogP contribution in [0.25, 0.3) is 0 Å². The molecule has 1 aromatic carbocycles. The molecule has 3 rings (SSSR count). The Morgan fingerprint density at radius 3 is 2.58 bits per heavy atom. The summed E-state index contributed by atoms with van der Waals surface area (Å²) in [5.41, 5.74) is 2.55. The van der Waals surface area contributed by atoms with Gasteiger partial charge in [-0.05, 0) is 40.5 Å². The van der Waals surface area contributed by atoms with E-state index >= 15 is 0 Å². The molecule has 6 nitrogen and oxygen atoms in total. The van der Waals surface area contributed by atoms with E-state index in [1.54, 1.807) is 17.0 Å². The summed E-state index contributed by atoms with van der Waals surface area (Å²) in [5, 5.41) is 2.61. The fraction of sp³-hybridized carbons (Fsp3) is 0.368. The number of piperazine rings is 1. The first kappa shape index (κ1) is 18.7. The first-order valence-corrected chi connectivity index (χ1v) is 9.40. The maximum Gasteiger partial charge on any atom is 0.287 e. The second-order valence-electron chi connectivity index (χ2n) is 6.43. The highest BCUT2D eigenvalue weighted by molar-refractivity contribution is 9.10. The van der Waals surface area contributed by atoms with E-state index in [4.69, 9.17) is 4.42 Å². The Morgan fingerprint density at radius 1 is 1.15 bits per heavy atom. The minimum atomic E-state index is -0.387. The Bertz CT molecular complexity index is 782. The topological polar surface area (TPSA) is 65.8 Å². The maximum absolute atomic E-state index is 12.3. The van der Waals surface area contributed by atoms with Crippen molar-refractivity contribution < 1.29 is 14.0 Å². The smallest absolute Gasteiger partial charge is 0.287 e. The normalized spacial score (nSPS) is 15.1. The van der Waals surface area contributed by atoms with Crippen molar-refractivity contribution >= 4 is 27.7 Å². The van der Waals surface area contributed by atoms with Crippen LogP contribution in [0.15, 0.2) is 45.5 Å². The molecule has 1 aromatic heterocycles. The monoisotopic (exact) mass is 419 g/mol. The highest BCUT2D eigenvalue weighted by atomic mass is 79.9. The van der Waals surface area contributed by atoms with Gasteiger partial charge >= 0.3 is 0 Å². The van der Waals surface area contributed by atoms with Crippen molar-refractivity contribution in [3.05, 3.63) is 58.0 Å². The molecule has 7 heteroatoms. The Kier molecular flexibility index (Phi) is 6.11. The number of hydrogen-bond donors (Lipinski definition) is 1. The number of furan rings is 1. The van der Waals surface area contributed by atoms with Gasteiger partial charge in [0.25, 0.3) is 5.91 Å². The minimum absolute atomic E-state index is 0.0188. The largest absolute Gasteiger partial charge is 0.444 e. The summed E-state index contributed by atoms with van der Waals surface area (Å²) in [4.78, 5) is 28.4. The van der Waals surface area contributed by atoms with Crippen LogP contribution < -0.4 is 5.32 Å². The number of halogens is 1. The first-order chi connectivity index (χ1) is 12.5. The maximum atomic E-state index is 12.3. The number of aryl methyl sites for hydroxylation is 1. The predicted molar refractivity (Wildman–Crippen MR) is 102 cm³/mol. The lowest BCUT2D eigenvalue weighted by molar-refractivity contribution is -0.131. The van der Waals surface area contributed by atoms with Gasteiger partial charge in [0, 0.05) is 32.7 Å². The molecule has 1 fully saturated rings. The zero-order valence-electron chi connectivity index (χ0n) is 14.7. The van der Waals surface area contributed by atoms with E-state index in [9.17, 15) is 9.59 Å². The lowest BCUT2D eigenvalue weighted by Gasteiger charge is -2.34. The molecule has 1 N–H and O–H groups in total. The Morgan fingerprint density at radius 2 is 1.92 bits per heavy atom. The summed E-state index contributed by atoms with van der Waals surface area (Å²) in [7, 11) is 0. The number of nitrogens with zero attached hydrogens (tertiary/aromatic N) is 2. The third-order valence-electron chi connectivity index (χ3n) is 4.41. The van der Waals surface area contributed by atoms with Gasteiger partial charge < -0.3 is 14.6 Å². The van der Waals surface area contributed by atoms with Crippen LogP contribution in [-0.2, 0) is 11.3 Å². The summed E-state index contributed by atoms with van der Waals surface area (Å²) < 4.78 is 5.66. The van der Waals surface area contributed by atoms with Crippen molar-refractivity contribution in [2.24, 2.45) is 0 Å². The second-order valence-corrected chi connectivity index (χ2v) is 7.21. The third-order valence-corrected chi connectivity index (χ3v) is 4.84. The van der Waals surface area contributed by atoms with E-state index in [0.717, 1.165) is 19.6 Å². The average molecular weight is 420 g/mol. The number of amides is 2. The minimum Gasteiger partial charge on any atom is -0.444 e. The standard InChI is InChI=1S/C19H22BrN3O3/c1-14-3-2-4-15(11-14)13-22-7-9-23(10-8-22)18(24)12-21-19(25)16-5-6-17(20)26-16/h2-6,11H,7-10,12-13H2,1H3,(H,21,25). The summed E-state index contributed by atoms with van der Waals surface area (Å²) in [6.45, 7) is 5.98. The molecule has 2 heterocycles. The summed E-state index contributed by atoms with van der Waals surface area (Å²) in [6.07, 6.45) is 0. The molecular formula is C19H22BrN3O3. The van der Waals surface area contributed by atoms with E-state index in [0.29, 0.717) is 17.8 Å². The van der Waals surface area contributed by atoms with E-state index in [2.05, 4.69) is 57.3 Å². The molecule has 0 bridgehead atoms. The van der Waals surface area contributed by atoms with Crippen LogP contribution in [0.1, 0.15) is 21.7 Å². The average Bonchev–Trinajstić information content (AvgIpc) is 3.06. The van der Waals surface area contributed by atoms with Gasteiger partial charge in [0.2, 0.25) is 5.91 Å². The van der Waals surface area contributed by atoms with Crippen molar-refractivity contribution in [1.29, 1.82) is 0 Å². The van der Waals surface area contributed by atoms with Gasteiger partial charge in [0.15, 0.2) is 10.4 Å². The quantitative estimate of drug-likeness (QED) is 0.807. The molecular weight excluding hydrogens is 398 g/mol. The van der Waals surface area contributed by atoms with Crippen LogP contribution in [0.2, 0.25) is 0 Å². The van der Waals surface area contributed by atoms with Crippen molar-refractivity contribution in [2.45, 2.75) is 13.5 Å². The molecule has 1 aliphatic rings. The number of benzene rings is 1. The highest BCUT2D eigenvalue weighted by Gasteiger charge is 2.22. The summed E-state index contributed by atoms with van der Waals surface area (Å²) in [5.74, 6) is -0.269. The van der Waals surface area contributed by atoms with Crippen LogP contribution in [0.5, 0.6) is 0 Å². The van der Waals surface area contributed by atoms with Crippen molar-refractivity contribution in [2.75, 3.05) is 32.7 Å². The Labute approximate surface area is 161 Å². The summed E-state index contributed by atoms with van der Waals surface area (Å²) >= 11 is 3.15. The zero-order valence-corrected chi connectivity index (χ0v) is 16.3. The number of carbonyl (C=O) groups excluding carboxylic acids is 2. The highest BCUT2D eigenvalue weighted by Crippen LogP contribution is 2.14. The summed E-state index contributed by atoms with van der Waals surface area (Å²) in [6, 6.07) is 11.7. The van der Waals surface area contributed by atoms with Crippen LogP contribution in [-0.4, -0.2) is 54.3 Å². The van der Waals surface area contributed by atoms with Crippen LogP contribution in [0.4, 0.5) is 0 Å². The fourth-order valence-corrected chi connectivity index (χ4v) is 3.32. The van der Waals surface area contributed by atoms with Gasteiger partial charge in [0.1, 0.15) is 0 Å². The zero-order chi connectivity index (χ0) is 18.5. The fourth-order valence-electron chi connectivity index (χ4n) is 3.02. The van der Waals surface area contributed by atoms with E-state index in [-0.39, 0.29) is 24.1 Å². The predicted octanol–water partition coefficient (Wildman–Crippen LogP) is 2.42. The number of hydrogen-bond acceptors (Lipinski definition) is 4. The van der Waals surface area contributed by atoms with Crippen molar-refractivity contribution in [3.8, 4) is 0 Å². The molecule has 1 aliphatic heterocycles. The lowest BCUT2D eigenvalue weighted by Crippen LogP contribution is -2.50. The van der Waals surface area contributed by atoms with Gasteiger partial charge in [-0.15, -0.1) is 0 Å². The molecule has 26 heavy (non-hydrogen) atoms. The van der Waals surface area contributed by atoms with Crippen molar-refractivity contribution in [1.82, 2.24) is 15.1 Å². The molecule has 0 atom stereocenters. The molecule has 0 saturated carbocycles. The number of nitrogens with one attached hydrogen (secondary N) is 1. The van der Waals surface area contributed by atoms with Gasteiger partial charge in [-0.2, -0.15) is 0 Å². The van der Waals surface area contributed by atoms with Gasteiger partial charge in [0.05, 0.1) is 6.54 Å². The van der Waals surface area contributed by atoms with Gasteiger partial charge in [-0.3, -0.25) is 14.5 Å². The van der Waals surface area contributed by atoms with E-state index in [1.807, 2.05) is 0 Å². The molecule has 0 spiro atoms. The first-order valence-electron chi connectivity index (χ1n) is 8.60. The van der Waals surface area contributed by atoms with E-state index < -0.39 is 0 Å². The SMILES string of the molecule is Cc1cccc(CN2CCN(C(=O)CNC(=O)c3ccc(Br)o3)CC2)c1. The van der Waals surface area contributed by atoms with Crippen LogP contribution in [0, 0.1) is 6.92 Å². The number of carbonyl (C=O) groups is 2. The van der Waals surface area contributed by atoms with E-state index in [1.165, 1.54) is 11.1 Å². The van der Waals surface area contributed by atoms with Crippen LogP contribution in [0.3, 0.4) is 0 Å². The molecule has 1 saturated heterocycles. The second kappa shape index (κ2) is 8.51.